The van der Waals surface area contributed by atoms with E-state index in [2.05, 4.69) is 6.07 Å². The van der Waals surface area contributed by atoms with Gasteiger partial charge in [0.05, 0.1) is 13.7 Å². The third-order valence-corrected chi connectivity index (χ3v) is 4.63. The molecule has 5 heteroatoms. The molecule has 1 aromatic rings. The van der Waals surface area contributed by atoms with Crippen molar-refractivity contribution in [1.29, 1.82) is 0 Å². The number of hydrogen-bond acceptors (Lipinski definition) is 4. The summed E-state index contributed by atoms with van der Waals surface area (Å²) in [6.07, 6.45) is 1.54. The van der Waals surface area contributed by atoms with Crippen LogP contribution in [-0.2, 0) is 10.2 Å². The van der Waals surface area contributed by atoms with Crippen molar-refractivity contribution < 1.29 is 19.0 Å². The van der Waals surface area contributed by atoms with Crippen LogP contribution in [0.15, 0.2) is 18.2 Å². The van der Waals surface area contributed by atoms with Crippen LogP contribution in [0.25, 0.3) is 0 Å². The lowest BCUT2D eigenvalue weighted by molar-refractivity contribution is 0.0152. The van der Waals surface area contributed by atoms with Crippen molar-refractivity contribution in [2.75, 3.05) is 26.8 Å². The van der Waals surface area contributed by atoms with Gasteiger partial charge in [0.15, 0.2) is 0 Å². The highest BCUT2D eigenvalue weighted by atomic mass is 16.6. The number of likely N-dealkylation sites (tertiary alicyclic amines) is 1. The summed E-state index contributed by atoms with van der Waals surface area (Å²) in [5.74, 6) is 1.79. The Kier molecular flexibility index (Phi) is 3.90. The highest BCUT2D eigenvalue weighted by Gasteiger charge is 2.44. The summed E-state index contributed by atoms with van der Waals surface area (Å²) in [5.41, 5.74) is 0.742. The minimum absolute atomic E-state index is 0.0115. The van der Waals surface area contributed by atoms with E-state index in [-0.39, 0.29) is 11.5 Å². The zero-order valence-electron chi connectivity index (χ0n) is 14.3. The van der Waals surface area contributed by atoms with Crippen LogP contribution >= 0.6 is 0 Å². The molecule has 1 aromatic carbocycles. The molecule has 1 saturated heterocycles. The number of methoxy groups -OCH3 is 1. The predicted molar refractivity (Wildman–Crippen MR) is 87.2 cm³/mol. The molecule has 0 atom stereocenters. The van der Waals surface area contributed by atoms with Crippen LogP contribution < -0.4 is 9.47 Å². The molecule has 0 unspecified atom stereocenters. The normalized spacial score (nSPS) is 19.2. The Morgan fingerprint density at radius 3 is 2.57 bits per heavy atom. The van der Waals surface area contributed by atoms with Crippen molar-refractivity contribution in [3.63, 3.8) is 0 Å². The van der Waals surface area contributed by atoms with E-state index in [0.29, 0.717) is 19.7 Å². The van der Waals surface area contributed by atoms with Gasteiger partial charge in [0.25, 0.3) is 0 Å². The molecule has 1 spiro atoms. The Labute approximate surface area is 137 Å². The molecule has 2 heterocycles. The molecule has 0 N–H and O–H groups in total. The summed E-state index contributed by atoms with van der Waals surface area (Å²) < 4.78 is 16.7. The van der Waals surface area contributed by atoms with Crippen LogP contribution in [-0.4, -0.2) is 43.4 Å². The highest BCUT2D eigenvalue weighted by molar-refractivity contribution is 5.68. The number of ether oxygens (including phenoxy) is 3. The van der Waals surface area contributed by atoms with Crippen LogP contribution in [0.3, 0.4) is 0 Å². The van der Waals surface area contributed by atoms with Gasteiger partial charge >= 0.3 is 6.09 Å². The second kappa shape index (κ2) is 5.62. The predicted octanol–water partition coefficient (Wildman–Crippen LogP) is 3.36. The van der Waals surface area contributed by atoms with Gasteiger partial charge in [0.1, 0.15) is 17.1 Å². The minimum Gasteiger partial charge on any atom is -0.497 e. The van der Waals surface area contributed by atoms with Gasteiger partial charge in [-0.3, -0.25) is 0 Å². The summed E-state index contributed by atoms with van der Waals surface area (Å²) in [6, 6.07) is 5.97. The molecule has 23 heavy (non-hydrogen) atoms. The Morgan fingerprint density at radius 2 is 1.96 bits per heavy atom. The zero-order valence-corrected chi connectivity index (χ0v) is 14.3. The van der Waals surface area contributed by atoms with Gasteiger partial charge in [-0.25, -0.2) is 4.79 Å². The molecule has 0 aliphatic carbocycles. The maximum absolute atomic E-state index is 12.2. The number of rotatable bonds is 1. The third kappa shape index (κ3) is 3.09. The Hall–Kier alpha value is -1.91. The Bertz CT molecular complexity index is 598. The lowest BCUT2D eigenvalue weighted by Crippen LogP contribution is -2.47. The molecule has 5 nitrogen and oxygen atoms in total. The van der Waals surface area contributed by atoms with E-state index < -0.39 is 5.60 Å². The SMILES string of the molecule is COc1ccc2c(c1)C1(CCN(C(=O)OC(C)(C)C)CC1)CO2. The molecular formula is C18H25NO4. The fraction of sp³-hybridized carbons (Fsp3) is 0.611. The van der Waals surface area contributed by atoms with E-state index in [0.717, 1.165) is 24.3 Å². The second-order valence-corrected chi connectivity index (χ2v) is 7.40. The molecule has 2 aliphatic heterocycles. The lowest BCUT2D eigenvalue weighted by atomic mass is 9.74. The summed E-state index contributed by atoms with van der Waals surface area (Å²) in [5, 5.41) is 0. The number of carbonyl (C=O) groups is 1. The van der Waals surface area contributed by atoms with E-state index in [1.807, 2.05) is 32.9 Å². The fourth-order valence-electron chi connectivity index (χ4n) is 3.33. The van der Waals surface area contributed by atoms with Crippen molar-refractivity contribution in [3.05, 3.63) is 23.8 Å². The van der Waals surface area contributed by atoms with Crippen molar-refractivity contribution in [3.8, 4) is 11.5 Å². The van der Waals surface area contributed by atoms with E-state index in [9.17, 15) is 4.79 Å². The monoisotopic (exact) mass is 319 g/mol. The van der Waals surface area contributed by atoms with E-state index in [1.54, 1.807) is 12.0 Å². The Morgan fingerprint density at radius 1 is 1.26 bits per heavy atom. The number of fused-ring (bicyclic) bond motifs is 2. The van der Waals surface area contributed by atoms with Crippen LogP contribution in [0.1, 0.15) is 39.2 Å². The zero-order chi connectivity index (χ0) is 16.7. The largest absolute Gasteiger partial charge is 0.497 e. The molecule has 1 fully saturated rings. The van der Waals surface area contributed by atoms with Crippen LogP contribution in [0, 0.1) is 0 Å². The quantitative estimate of drug-likeness (QED) is 0.796. The first kappa shape index (κ1) is 16.0. The third-order valence-electron chi connectivity index (χ3n) is 4.63. The van der Waals surface area contributed by atoms with Crippen LogP contribution in [0.5, 0.6) is 11.5 Å². The average molecular weight is 319 g/mol. The standard InChI is InChI=1S/C18H25NO4/c1-17(2,3)23-16(20)19-9-7-18(8-10-19)12-22-15-6-5-13(21-4)11-14(15)18/h5-6,11H,7-10,12H2,1-4H3. The molecule has 0 radical (unpaired) electrons. The molecular weight excluding hydrogens is 294 g/mol. The van der Waals surface area contributed by atoms with Crippen molar-refractivity contribution in [2.24, 2.45) is 0 Å². The average Bonchev–Trinajstić information content (AvgIpc) is 2.84. The number of piperidine rings is 1. The van der Waals surface area contributed by atoms with Crippen molar-refractivity contribution in [2.45, 2.75) is 44.6 Å². The first-order valence-electron chi connectivity index (χ1n) is 8.12. The van der Waals surface area contributed by atoms with Gasteiger partial charge in [-0.2, -0.15) is 0 Å². The molecule has 3 rings (SSSR count). The molecule has 1 amide bonds. The van der Waals surface area contributed by atoms with E-state index >= 15 is 0 Å². The first-order chi connectivity index (χ1) is 10.8. The topological polar surface area (TPSA) is 48.0 Å². The number of benzene rings is 1. The molecule has 2 aliphatic rings. The van der Waals surface area contributed by atoms with Crippen LogP contribution in [0.4, 0.5) is 4.79 Å². The smallest absolute Gasteiger partial charge is 0.410 e. The second-order valence-electron chi connectivity index (χ2n) is 7.40. The van der Waals surface area contributed by atoms with Crippen molar-refractivity contribution in [1.82, 2.24) is 4.90 Å². The molecule has 126 valence electrons. The van der Waals surface area contributed by atoms with E-state index in [1.165, 1.54) is 5.56 Å². The number of amides is 1. The number of nitrogens with zero attached hydrogens (tertiary/aromatic N) is 1. The molecule has 0 saturated carbocycles. The Balaban J connectivity index is 1.72. The number of hydrogen-bond donors (Lipinski definition) is 0. The first-order valence-corrected chi connectivity index (χ1v) is 8.12. The van der Waals surface area contributed by atoms with Gasteiger partial charge < -0.3 is 19.1 Å². The van der Waals surface area contributed by atoms with Gasteiger partial charge in [-0.05, 0) is 51.8 Å². The highest BCUT2D eigenvalue weighted by Crippen LogP contribution is 2.46. The van der Waals surface area contributed by atoms with Gasteiger partial charge in [-0.1, -0.05) is 0 Å². The minimum atomic E-state index is -0.456. The summed E-state index contributed by atoms with van der Waals surface area (Å²) >= 11 is 0. The van der Waals surface area contributed by atoms with E-state index in [4.69, 9.17) is 14.2 Å². The summed E-state index contributed by atoms with van der Waals surface area (Å²) in [4.78, 5) is 14.0. The summed E-state index contributed by atoms with van der Waals surface area (Å²) in [7, 11) is 1.68. The fourth-order valence-corrected chi connectivity index (χ4v) is 3.33. The van der Waals surface area contributed by atoms with Gasteiger partial charge in [0, 0.05) is 24.1 Å². The maximum atomic E-state index is 12.2. The van der Waals surface area contributed by atoms with Crippen LogP contribution in [0.2, 0.25) is 0 Å². The van der Waals surface area contributed by atoms with Crippen molar-refractivity contribution >= 4 is 6.09 Å². The molecule has 0 aromatic heterocycles. The lowest BCUT2D eigenvalue weighted by Gasteiger charge is -2.38. The molecule has 0 bridgehead atoms. The summed E-state index contributed by atoms with van der Waals surface area (Å²) in [6.45, 7) is 7.73. The van der Waals surface area contributed by atoms with Gasteiger partial charge in [0.2, 0.25) is 0 Å². The number of carbonyl (C=O) groups excluding carboxylic acids is 1. The van der Waals surface area contributed by atoms with Gasteiger partial charge in [-0.15, -0.1) is 0 Å². The maximum Gasteiger partial charge on any atom is 0.410 e.